The molecule has 0 amide bonds. The third-order valence-electron chi connectivity index (χ3n) is 4.89. The summed E-state index contributed by atoms with van der Waals surface area (Å²) in [5, 5.41) is 13.9. The second-order valence-electron chi connectivity index (χ2n) is 6.45. The van der Waals surface area contributed by atoms with Crippen molar-refractivity contribution in [1.29, 1.82) is 0 Å². The molecule has 4 nitrogen and oxygen atoms in total. The van der Waals surface area contributed by atoms with Crippen LogP contribution in [0.3, 0.4) is 0 Å². The first kappa shape index (κ1) is 16.8. The second kappa shape index (κ2) is 7.14. The number of likely N-dealkylation sites (N-methyl/N-ethyl adjacent to an activating group) is 1. The number of benzene rings is 1. The summed E-state index contributed by atoms with van der Waals surface area (Å²) in [6.07, 6.45) is 2.88. The van der Waals surface area contributed by atoms with E-state index in [0.717, 1.165) is 24.0 Å². The largest absolute Gasteiger partial charge is 0.504 e. The minimum absolute atomic E-state index is 0.0791. The molecule has 0 aliphatic heterocycles. The number of methoxy groups -OCH3 is 1. The van der Waals surface area contributed by atoms with Crippen LogP contribution in [0.2, 0.25) is 0 Å². The summed E-state index contributed by atoms with van der Waals surface area (Å²) >= 11 is 0. The quantitative estimate of drug-likeness (QED) is 0.878. The number of aromatic hydroxyl groups is 1. The molecule has 0 radical (unpaired) electrons. The van der Waals surface area contributed by atoms with Crippen molar-refractivity contribution in [2.75, 3.05) is 14.2 Å². The second-order valence-corrected chi connectivity index (χ2v) is 6.45. The number of nitrogens with one attached hydrogen (secondary N) is 1. The van der Waals surface area contributed by atoms with Crippen LogP contribution in [-0.4, -0.2) is 31.1 Å². The van der Waals surface area contributed by atoms with E-state index >= 15 is 0 Å². The van der Waals surface area contributed by atoms with Crippen molar-refractivity contribution in [2.24, 2.45) is 5.92 Å². The molecule has 1 fully saturated rings. The Morgan fingerprint density at radius 3 is 2.82 bits per heavy atom. The van der Waals surface area contributed by atoms with Gasteiger partial charge in [-0.15, -0.1) is 0 Å². The molecular formula is C18H27NO3. The molecule has 122 valence electrons. The Bertz CT molecular complexity index is 541. The lowest BCUT2D eigenvalue weighted by Gasteiger charge is -2.31. The Morgan fingerprint density at radius 1 is 1.45 bits per heavy atom. The Kier molecular flexibility index (Phi) is 5.46. The summed E-state index contributed by atoms with van der Waals surface area (Å²) < 4.78 is 5.27. The molecule has 4 heteroatoms. The summed E-state index contributed by atoms with van der Waals surface area (Å²) in [5.74, 6) is 1.45. The molecule has 3 unspecified atom stereocenters. The van der Waals surface area contributed by atoms with Gasteiger partial charge in [0.2, 0.25) is 0 Å². The topological polar surface area (TPSA) is 58.6 Å². The van der Waals surface area contributed by atoms with Crippen molar-refractivity contribution in [3.05, 3.63) is 23.3 Å². The minimum atomic E-state index is 0.0791. The molecule has 1 aromatic carbocycles. The van der Waals surface area contributed by atoms with Gasteiger partial charge in [-0.05, 0) is 50.3 Å². The van der Waals surface area contributed by atoms with Gasteiger partial charge in [-0.25, -0.2) is 0 Å². The zero-order valence-electron chi connectivity index (χ0n) is 14.0. The molecule has 2 N–H and O–H groups in total. The smallest absolute Gasteiger partial charge is 0.161 e. The van der Waals surface area contributed by atoms with Gasteiger partial charge in [0.15, 0.2) is 11.5 Å². The van der Waals surface area contributed by atoms with E-state index < -0.39 is 0 Å². The van der Waals surface area contributed by atoms with Crippen molar-refractivity contribution in [3.63, 3.8) is 0 Å². The Labute approximate surface area is 132 Å². The van der Waals surface area contributed by atoms with E-state index in [9.17, 15) is 9.90 Å². The van der Waals surface area contributed by atoms with Gasteiger partial charge < -0.3 is 15.2 Å². The molecule has 1 aliphatic rings. The van der Waals surface area contributed by atoms with E-state index in [-0.39, 0.29) is 17.5 Å². The van der Waals surface area contributed by atoms with Crippen molar-refractivity contribution >= 4 is 5.78 Å². The number of phenols is 1. The lowest BCUT2D eigenvalue weighted by molar-refractivity contribution is -0.121. The highest BCUT2D eigenvalue weighted by molar-refractivity contribution is 5.80. The van der Waals surface area contributed by atoms with Crippen molar-refractivity contribution in [3.8, 4) is 11.5 Å². The van der Waals surface area contributed by atoms with Gasteiger partial charge in [0, 0.05) is 24.4 Å². The van der Waals surface area contributed by atoms with E-state index in [1.165, 1.54) is 0 Å². The van der Waals surface area contributed by atoms with E-state index in [2.05, 4.69) is 19.2 Å². The molecule has 22 heavy (non-hydrogen) atoms. The van der Waals surface area contributed by atoms with E-state index in [1.54, 1.807) is 7.11 Å². The lowest BCUT2D eigenvalue weighted by Crippen LogP contribution is -2.26. The fraction of sp³-hybridized carbons (Fsp3) is 0.611. The maximum absolute atomic E-state index is 11.9. The van der Waals surface area contributed by atoms with Gasteiger partial charge in [-0.2, -0.15) is 0 Å². The average Bonchev–Trinajstić information content (AvgIpc) is 2.50. The summed E-state index contributed by atoms with van der Waals surface area (Å²) in [6, 6.07) is 4.14. The number of Topliss-reactive ketones (excluding diaryl/α,β-unsaturated/α-hetero) is 1. The first-order chi connectivity index (χ1) is 10.5. The van der Waals surface area contributed by atoms with Gasteiger partial charge in [0.25, 0.3) is 0 Å². The van der Waals surface area contributed by atoms with Crippen molar-refractivity contribution < 1.29 is 14.6 Å². The van der Waals surface area contributed by atoms with Gasteiger partial charge in [-0.1, -0.05) is 13.0 Å². The zero-order valence-corrected chi connectivity index (χ0v) is 14.0. The number of carbonyl (C=O) groups excluding carboxylic acids is 1. The first-order valence-electron chi connectivity index (χ1n) is 8.05. The van der Waals surface area contributed by atoms with Gasteiger partial charge in [0.05, 0.1) is 7.11 Å². The molecule has 0 bridgehead atoms. The predicted molar refractivity (Wildman–Crippen MR) is 87.6 cm³/mol. The molecule has 3 atom stereocenters. The minimum Gasteiger partial charge on any atom is -0.504 e. The number of hydrogen-bond donors (Lipinski definition) is 2. The molecule has 2 rings (SSSR count). The first-order valence-corrected chi connectivity index (χ1v) is 8.05. The van der Waals surface area contributed by atoms with Crippen LogP contribution in [-0.2, 0) is 11.2 Å². The number of rotatable bonds is 5. The van der Waals surface area contributed by atoms with Crippen LogP contribution in [0.4, 0.5) is 0 Å². The Balaban J connectivity index is 2.46. The number of hydrogen-bond acceptors (Lipinski definition) is 4. The van der Waals surface area contributed by atoms with Crippen LogP contribution in [0.15, 0.2) is 12.1 Å². The monoisotopic (exact) mass is 305 g/mol. The SMILES string of the molecule is CNC(C)Cc1ccc(OC)c(O)c1C1CC(=O)CCC1C. The number of ketones is 1. The molecule has 0 aromatic heterocycles. The molecular weight excluding hydrogens is 278 g/mol. The van der Waals surface area contributed by atoms with Crippen LogP contribution in [0.25, 0.3) is 0 Å². The van der Waals surface area contributed by atoms with Crippen LogP contribution in [0.1, 0.15) is 50.2 Å². The third kappa shape index (κ3) is 3.43. The van der Waals surface area contributed by atoms with Crippen LogP contribution in [0, 0.1) is 5.92 Å². The average molecular weight is 305 g/mol. The third-order valence-corrected chi connectivity index (χ3v) is 4.89. The highest BCUT2D eigenvalue weighted by Gasteiger charge is 2.32. The standard InChI is InChI=1S/C18H27NO3/c1-11-5-7-14(20)10-15(11)17-13(9-12(2)19-3)6-8-16(22-4)18(17)21/h6,8,11-12,15,19,21H,5,7,9-10H2,1-4H3. The summed E-state index contributed by atoms with van der Waals surface area (Å²) in [6.45, 7) is 4.28. The van der Waals surface area contributed by atoms with E-state index in [4.69, 9.17) is 4.74 Å². The highest BCUT2D eigenvalue weighted by Crippen LogP contribution is 2.45. The Morgan fingerprint density at radius 2 is 2.18 bits per heavy atom. The fourth-order valence-corrected chi connectivity index (χ4v) is 3.34. The number of phenolic OH excluding ortho intramolecular Hbond substituents is 1. The van der Waals surface area contributed by atoms with Crippen LogP contribution < -0.4 is 10.1 Å². The maximum Gasteiger partial charge on any atom is 0.161 e. The normalized spacial score (nSPS) is 23.4. The van der Waals surface area contributed by atoms with Crippen LogP contribution in [0.5, 0.6) is 11.5 Å². The van der Waals surface area contributed by atoms with E-state index in [1.807, 2.05) is 19.2 Å². The predicted octanol–water partition coefficient (Wildman–Crippen LogP) is 3.02. The summed E-state index contributed by atoms with van der Waals surface area (Å²) in [5.41, 5.74) is 2.01. The molecule has 0 saturated heterocycles. The van der Waals surface area contributed by atoms with Gasteiger partial charge in [-0.3, -0.25) is 4.79 Å². The van der Waals surface area contributed by atoms with Gasteiger partial charge in [0.1, 0.15) is 5.78 Å². The zero-order chi connectivity index (χ0) is 16.3. The Hall–Kier alpha value is -1.55. The molecule has 1 saturated carbocycles. The van der Waals surface area contributed by atoms with Gasteiger partial charge >= 0.3 is 0 Å². The molecule has 0 heterocycles. The van der Waals surface area contributed by atoms with E-state index in [0.29, 0.717) is 30.6 Å². The van der Waals surface area contributed by atoms with Crippen LogP contribution >= 0.6 is 0 Å². The van der Waals surface area contributed by atoms with Crippen molar-refractivity contribution in [1.82, 2.24) is 5.32 Å². The molecule has 1 aliphatic carbocycles. The summed E-state index contributed by atoms with van der Waals surface area (Å²) in [4.78, 5) is 11.9. The lowest BCUT2D eigenvalue weighted by atomic mass is 9.73. The number of carbonyl (C=O) groups is 1. The highest BCUT2D eigenvalue weighted by atomic mass is 16.5. The van der Waals surface area contributed by atoms with Crippen molar-refractivity contribution in [2.45, 2.75) is 51.5 Å². The summed E-state index contributed by atoms with van der Waals surface area (Å²) in [7, 11) is 3.49. The fourth-order valence-electron chi connectivity index (χ4n) is 3.34. The maximum atomic E-state index is 11.9. The molecule has 1 aromatic rings. The number of ether oxygens (including phenoxy) is 1. The molecule has 0 spiro atoms.